The molecule has 2 N–H and O–H groups in total. The second-order valence-corrected chi connectivity index (χ2v) is 4.03. The van der Waals surface area contributed by atoms with Gasteiger partial charge < -0.3 is 15.2 Å². The average Bonchev–Trinajstić information content (AvgIpc) is 2.17. The number of piperidine rings is 1. The summed E-state index contributed by atoms with van der Waals surface area (Å²) >= 11 is 0. The van der Waals surface area contributed by atoms with Crippen molar-refractivity contribution in [2.24, 2.45) is 5.73 Å². The fourth-order valence-corrected chi connectivity index (χ4v) is 1.97. The molecule has 0 saturated carbocycles. The third kappa shape index (κ3) is 3.20. The van der Waals surface area contributed by atoms with Crippen LogP contribution in [-0.4, -0.2) is 50.6 Å². The second-order valence-electron chi connectivity index (χ2n) is 4.03. The lowest BCUT2D eigenvalue weighted by Gasteiger charge is -2.37. The van der Waals surface area contributed by atoms with Crippen molar-refractivity contribution in [3.8, 4) is 0 Å². The molecule has 1 saturated heterocycles. The molecular formula is C10H22N2O2. The second kappa shape index (κ2) is 5.66. The molecule has 0 aliphatic carbocycles. The fourth-order valence-electron chi connectivity index (χ4n) is 1.97. The topological polar surface area (TPSA) is 47.7 Å². The molecule has 2 atom stereocenters. The van der Waals surface area contributed by atoms with Crippen LogP contribution >= 0.6 is 0 Å². The summed E-state index contributed by atoms with van der Waals surface area (Å²) in [6, 6.07) is 0.899. The maximum Gasteiger partial charge on any atom is 0.169 e. The molecule has 1 fully saturated rings. The third-order valence-corrected chi connectivity index (χ3v) is 2.96. The highest BCUT2D eigenvalue weighted by Gasteiger charge is 2.25. The van der Waals surface area contributed by atoms with Crippen LogP contribution in [-0.2, 0) is 9.47 Å². The van der Waals surface area contributed by atoms with Gasteiger partial charge in [0, 0.05) is 39.4 Å². The van der Waals surface area contributed by atoms with Crippen LogP contribution in [0.4, 0.5) is 0 Å². The van der Waals surface area contributed by atoms with E-state index in [1.54, 1.807) is 14.2 Å². The predicted octanol–water partition coefficient (Wildman–Crippen LogP) is 0.417. The fraction of sp³-hybridized carbons (Fsp3) is 1.00. The Hall–Kier alpha value is -0.160. The Balaban J connectivity index is 2.36. The van der Waals surface area contributed by atoms with Gasteiger partial charge in [-0.15, -0.1) is 0 Å². The number of hydrogen-bond acceptors (Lipinski definition) is 4. The molecule has 0 aromatic carbocycles. The number of nitrogens with zero attached hydrogens (tertiary/aromatic N) is 1. The molecular weight excluding hydrogens is 180 g/mol. The summed E-state index contributed by atoms with van der Waals surface area (Å²) in [5, 5.41) is 0. The van der Waals surface area contributed by atoms with Crippen LogP contribution < -0.4 is 5.73 Å². The molecule has 14 heavy (non-hydrogen) atoms. The van der Waals surface area contributed by atoms with Gasteiger partial charge in [-0.2, -0.15) is 0 Å². The van der Waals surface area contributed by atoms with Crippen molar-refractivity contribution in [2.75, 3.05) is 27.3 Å². The lowest BCUT2D eigenvalue weighted by Crippen LogP contribution is -2.48. The highest BCUT2D eigenvalue weighted by atomic mass is 16.7. The monoisotopic (exact) mass is 202 g/mol. The minimum atomic E-state index is -0.119. The van der Waals surface area contributed by atoms with Crippen molar-refractivity contribution in [3.63, 3.8) is 0 Å². The summed E-state index contributed by atoms with van der Waals surface area (Å²) in [6.45, 7) is 4.09. The molecule has 4 heteroatoms. The van der Waals surface area contributed by atoms with E-state index in [1.165, 1.54) is 0 Å². The molecule has 0 aromatic rings. The van der Waals surface area contributed by atoms with E-state index in [2.05, 4.69) is 11.8 Å². The largest absolute Gasteiger partial charge is 0.355 e. The zero-order chi connectivity index (χ0) is 10.6. The normalized spacial score (nSPS) is 29.8. The van der Waals surface area contributed by atoms with Gasteiger partial charge in [-0.05, 0) is 19.8 Å². The molecule has 2 unspecified atom stereocenters. The Kier molecular flexibility index (Phi) is 4.81. The predicted molar refractivity (Wildman–Crippen MR) is 56.1 cm³/mol. The van der Waals surface area contributed by atoms with Gasteiger partial charge >= 0.3 is 0 Å². The quantitative estimate of drug-likeness (QED) is 0.671. The summed E-state index contributed by atoms with van der Waals surface area (Å²) in [5.74, 6) is 0. The summed E-state index contributed by atoms with van der Waals surface area (Å²) < 4.78 is 10.4. The van der Waals surface area contributed by atoms with Crippen LogP contribution in [0.3, 0.4) is 0 Å². The van der Waals surface area contributed by atoms with Gasteiger partial charge in [0.2, 0.25) is 0 Å². The van der Waals surface area contributed by atoms with Gasteiger partial charge in [-0.1, -0.05) is 0 Å². The highest BCUT2D eigenvalue weighted by molar-refractivity contribution is 4.81. The SMILES string of the molecule is COC(CN1CCC(N)CC1C)OC. The first-order chi connectivity index (χ1) is 6.67. The van der Waals surface area contributed by atoms with Crippen LogP contribution in [0.5, 0.6) is 0 Å². The van der Waals surface area contributed by atoms with Crippen LogP contribution in [0.15, 0.2) is 0 Å². The minimum Gasteiger partial charge on any atom is -0.355 e. The first-order valence-electron chi connectivity index (χ1n) is 5.22. The van der Waals surface area contributed by atoms with Crippen molar-refractivity contribution >= 4 is 0 Å². The molecule has 0 bridgehead atoms. The highest BCUT2D eigenvalue weighted by Crippen LogP contribution is 2.16. The van der Waals surface area contributed by atoms with Gasteiger partial charge in [-0.25, -0.2) is 0 Å². The zero-order valence-electron chi connectivity index (χ0n) is 9.40. The molecule has 0 aromatic heterocycles. The van der Waals surface area contributed by atoms with E-state index in [1.807, 2.05) is 0 Å². The maximum absolute atomic E-state index is 5.89. The molecule has 1 rings (SSSR count). The summed E-state index contributed by atoms with van der Waals surface area (Å²) in [5.41, 5.74) is 5.89. The molecule has 1 aliphatic heterocycles. The Bertz CT molecular complexity index is 162. The van der Waals surface area contributed by atoms with E-state index in [0.717, 1.165) is 25.9 Å². The number of hydrogen-bond donors (Lipinski definition) is 1. The number of rotatable bonds is 4. The smallest absolute Gasteiger partial charge is 0.169 e. The van der Waals surface area contributed by atoms with Crippen LogP contribution in [0.25, 0.3) is 0 Å². The molecule has 0 amide bonds. The van der Waals surface area contributed by atoms with Crippen molar-refractivity contribution < 1.29 is 9.47 Å². The molecule has 1 heterocycles. The molecule has 84 valence electrons. The molecule has 1 aliphatic rings. The Morgan fingerprint density at radius 2 is 2.07 bits per heavy atom. The van der Waals surface area contributed by atoms with Gasteiger partial charge in [0.05, 0.1) is 0 Å². The number of ether oxygens (including phenoxy) is 2. The van der Waals surface area contributed by atoms with E-state index >= 15 is 0 Å². The molecule has 0 radical (unpaired) electrons. The summed E-state index contributed by atoms with van der Waals surface area (Å²) in [7, 11) is 3.35. The van der Waals surface area contributed by atoms with Crippen LogP contribution in [0, 0.1) is 0 Å². The Morgan fingerprint density at radius 1 is 1.43 bits per heavy atom. The lowest BCUT2D eigenvalue weighted by atomic mass is 9.99. The first kappa shape index (κ1) is 11.9. The Labute approximate surface area is 86.3 Å². The van der Waals surface area contributed by atoms with Crippen molar-refractivity contribution in [1.29, 1.82) is 0 Å². The maximum atomic E-state index is 5.89. The molecule has 4 nitrogen and oxygen atoms in total. The van der Waals surface area contributed by atoms with Crippen molar-refractivity contribution in [2.45, 2.75) is 38.1 Å². The third-order valence-electron chi connectivity index (χ3n) is 2.96. The lowest BCUT2D eigenvalue weighted by molar-refractivity contribution is -0.122. The van der Waals surface area contributed by atoms with Gasteiger partial charge in [0.15, 0.2) is 6.29 Å². The van der Waals surface area contributed by atoms with Crippen molar-refractivity contribution in [3.05, 3.63) is 0 Å². The van der Waals surface area contributed by atoms with Crippen LogP contribution in [0.1, 0.15) is 19.8 Å². The standard InChI is InChI=1S/C10H22N2O2/c1-8-6-9(11)4-5-12(8)7-10(13-2)14-3/h8-10H,4-7,11H2,1-3H3. The van der Waals surface area contributed by atoms with E-state index < -0.39 is 0 Å². The zero-order valence-corrected chi connectivity index (χ0v) is 9.40. The van der Waals surface area contributed by atoms with E-state index in [4.69, 9.17) is 15.2 Å². The van der Waals surface area contributed by atoms with Gasteiger partial charge in [-0.3, -0.25) is 4.90 Å². The number of likely N-dealkylation sites (tertiary alicyclic amines) is 1. The minimum absolute atomic E-state index is 0.119. The van der Waals surface area contributed by atoms with E-state index in [-0.39, 0.29) is 6.29 Å². The summed E-state index contributed by atoms with van der Waals surface area (Å²) in [6.07, 6.45) is 2.02. The van der Waals surface area contributed by atoms with Crippen LogP contribution in [0.2, 0.25) is 0 Å². The molecule has 0 spiro atoms. The number of nitrogens with two attached hydrogens (primary N) is 1. The number of methoxy groups -OCH3 is 2. The first-order valence-corrected chi connectivity index (χ1v) is 5.22. The van der Waals surface area contributed by atoms with Gasteiger partial charge in [0.1, 0.15) is 0 Å². The summed E-state index contributed by atoms with van der Waals surface area (Å²) in [4.78, 5) is 2.38. The van der Waals surface area contributed by atoms with Crippen molar-refractivity contribution in [1.82, 2.24) is 4.90 Å². The Morgan fingerprint density at radius 3 is 2.57 bits per heavy atom. The van der Waals surface area contributed by atoms with E-state index in [9.17, 15) is 0 Å². The average molecular weight is 202 g/mol. The van der Waals surface area contributed by atoms with Gasteiger partial charge in [0.25, 0.3) is 0 Å². The van der Waals surface area contributed by atoms with E-state index in [0.29, 0.717) is 12.1 Å².